The van der Waals surface area contributed by atoms with Gasteiger partial charge in [0.2, 0.25) is 11.8 Å². The number of nitrogens with zero attached hydrogens (tertiary/aromatic N) is 6. The number of ether oxygens (including phenoxy) is 1. The molecule has 0 radical (unpaired) electrons. The number of piperazine rings is 1. The van der Waals surface area contributed by atoms with Crippen molar-refractivity contribution < 1.29 is 9.15 Å². The van der Waals surface area contributed by atoms with E-state index in [2.05, 4.69) is 46.8 Å². The van der Waals surface area contributed by atoms with Gasteiger partial charge in [0.05, 0.1) is 12.2 Å². The third-order valence-corrected chi connectivity index (χ3v) is 6.55. The second-order valence-electron chi connectivity index (χ2n) is 10.2. The molecular formula is C23H34N6O2. The SMILES string of the molecule is CC(C)(C)c1cc(N2CCN(Cc3nnc(C4CCOCC4)o3)CC2)nc(C2CC2)n1. The van der Waals surface area contributed by atoms with Crippen LogP contribution in [0.25, 0.3) is 0 Å². The smallest absolute Gasteiger partial charge is 0.230 e. The van der Waals surface area contributed by atoms with Crippen molar-refractivity contribution in [3.8, 4) is 0 Å². The van der Waals surface area contributed by atoms with Gasteiger partial charge in [-0.05, 0) is 25.7 Å². The van der Waals surface area contributed by atoms with Crippen LogP contribution >= 0.6 is 0 Å². The highest BCUT2D eigenvalue weighted by Gasteiger charge is 2.30. The maximum Gasteiger partial charge on any atom is 0.230 e. The van der Waals surface area contributed by atoms with E-state index < -0.39 is 0 Å². The van der Waals surface area contributed by atoms with Crippen molar-refractivity contribution in [1.82, 2.24) is 25.1 Å². The first-order chi connectivity index (χ1) is 15.0. The van der Waals surface area contributed by atoms with Gasteiger partial charge in [-0.1, -0.05) is 20.8 Å². The molecule has 5 rings (SSSR count). The summed E-state index contributed by atoms with van der Waals surface area (Å²) in [5.41, 5.74) is 1.18. The normalized spacial score (nSPS) is 21.6. The van der Waals surface area contributed by atoms with Crippen molar-refractivity contribution in [2.24, 2.45) is 0 Å². The molecule has 31 heavy (non-hydrogen) atoms. The van der Waals surface area contributed by atoms with Gasteiger partial charge in [-0.3, -0.25) is 4.90 Å². The van der Waals surface area contributed by atoms with Crippen molar-refractivity contribution >= 4 is 5.82 Å². The van der Waals surface area contributed by atoms with E-state index in [-0.39, 0.29) is 5.41 Å². The van der Waals surface area contributed by atoms with Crippen LogP contribution in [-0.4, -0.2) is 64.5 Å². The Morgan fingerprint density at radius 1 is 0.935 bits per heavy atom. The molecule has 8 heteroatoms. The standard InChI is InChI=1S/C23H34N6O2/c1-23(2,3)18-14-19(25-21(24-18)16-4-5-16)29-10-8-28(9-11-29)15-20-26-27-22(31-20)17-6-12-30-13-7-17/h14,16-17H,4-13,15H2,1-3H3. The molecule has 4 heterocycles. The topological polar surface area (TPSA) is 80.4 Å². The van der Waals surface area contributed by atoms with E-state index in [0.717, 1.165) is 81.4 Å². The van der Waals surface area contributed by atoms with E-state index in [4.69, 9.17) is 19.1 Å². The van der Waals surface area contributed by atoms with Crippen LogP contribution in [0.1, 0.15) is 81.6 Å². The maximum atomic E-state index is 5.99. The molecule has 2 saturated heterocycles. The summed E-state index contributed by atoms with van der Waals surface area (Å²) in [6.07, 6.45) is 4.39. The Morgan fingerprint density at radius 2 is 1.68 bits per heavy atom. The number of anilines is 1. The fraction of sp³-hybridized carbons (Fsp3) is 0.739. The molecule has 3 aliphatic rings. The van der Waals surface area contributed by atoms with E-state index in [9.17, 15) is 0 Å². The zero-order chi connectivity index (χ0) is 21.4. The molecule has 2 aromatic heterocycles. The molecule has 168 valence electrons. The predicted molar refractivity (Wildman–Crippen MR) is 117 cm³/mol. The van der Waals surface area contributed by atoms with Crippen LogP contribution in [0.2, 0.25) is 0 Å². The lowest BCUT2D eigenvalue weighted by Crippen LogP contribution is -2.46. The molecule has 1 saturated carbocycles. The first-order valence-corrected chi connectivity index (χ1v) is 11.7. The molecule has 0 bridgehead atoms. The maximum absolute atomic E-state index is 5.99. The number of hydrogen-bond acceptors (Lipinski definition) is 8. The molecule has 0 N–H and O–H groups in total. The van der Waals surface area contributed by atoms with Crippen LogP contribution in [0.15, 0.2) is 10.5 Å². The van der Waals surface area contributed by atoms with E-state index >= 15 is 0 Å². The molecule has 2 aliphatic heterocycles. The molecule has 0 spiro atoms. The van der Waals surface area contributed by atoms with Crippen molar-refractivity contribution in [2.75, 3.05) is 44.3 Å². The third-order valence-electron chi connectivity index (χ3n) is 6.55. The summed E-state index contributed by atoms with van der Waals surface area (Å²) >= 11 is 0. The van der Waals surface area contributed by atoms with E-state index in [1.807, 2.05) is 0 Å². The number of hydrogen-bond donors (Lipinski definition) is 0. The molecule has 2 aromatic rings. The highest BCUT2D eigenvalue weighted by molar-refractivity contribution is 5.42. The molecule has 8 nitrogen and oxygen atoms in total. The molecule has 0 unspecified atom stereocenters. The Balaban J connectivity index is 1.21. The predicted octanol–water partition coefficient (Wildman–Crippen LogP) is 3.25. The van der Waals surface area contributed by atoms with Crippen molar-refractivity contribution in [1.29, 1.82) is 0 Å². The van der Waals surface area contributed by atoms with E-state index in [1.54, 1.807) is 0 Å². The van der Waals surface area contributed by atoms with Crippen LogP contribution < -0.4 is 4.90 Å². The average Bonchev–Trinajstić information content (AvgIpc) is 3.53. The molecule has 0 aromatic carbocycles. The van der Waals surface area contributed by atoms with Gasteiger partial charge in [0.1, 0.15) is 11.6 Å². The zero-order valence-electron chi connectivity index (χ0n) is 19.0. The fourth-order valence-corrected chi connectivity index (χ4v) is 4.29. The largest absolute Gasteiger partial charge is 0.424 e. The Labute approximate surface area is 184 Å². The summed E-state index contributed by atoms with van der Waals surface area (Å²) in [4.78, 5) is 14.6. The quantitative estimate of drug-likeness (QED) is 0.721. The van der Waals surface area contributed by atoms with E-state index in [0.29, 0.717) is 18.4 Å². The lowest BCUT2D eigenvalue weighted by Gasteiger charge is -2.35. The van der Waals surface area contributed by atoms with Gasteiger partial charge < -0.3 is 14.1 Å². The van der Waals surface area contributed by atoms with Gasteiger partial charge in [-0.25, -0.2) is 9.97 Å². The van der Waals surface area contributed by atoms with Crippen molar-refractivity contribution in [3.05, 3.63) is 29.4 Å². The van der Waals surface area contributed by atoms with E-state index in [1.165, 1.54) is 12.8 Å². The highest BCUT2D eigenvalue weighted by Crippen LogP contribution is 2.39. The van der Waals surface area contributed by atoms with Crippen LogP contribution in [0.4, 0.5) is 5.82 Å². The summed E-state index contributed by atoms with van der Waals surface area (Å²) in [5.74, 6) is 4.53. The van der Waals surface area contributed by atoms with Gasteiger partial charge in [-0.2, -0.15) is 0 Å². The average molecular weight is 427 g/mol. The van der Waals surface area contributed by atoms with Gasteiger partial charge in [0, 0.05) is 62.7 Å². The highest BCUT2D eigenvalue weighted by atomic mass is 16.5. The lowest BCUT2D eigenvalue weighted by molar-refractivity contribution is 0.0788. The number of aromatic nitrogens is 4. The van der Waals surface area contributed by atoms with Crippen molar-refractivity contribution in [2.45, 2.75) is 70.3 Å². The Hall–Kier alpha value is -2.06. The summed E-state index contributed by atoms with van der Waals surface area (Å²) in [6.45, 7) is 12.8. The molecule has 3 fully saturated rings. The van der Waals surface area contributed by atoms with Gasteiger partial charge in [-0.15, -0.1) is 10.2 Å². The monoisotopic (exact) mass is 426 g/mol. The number of rotatable bonds is 5. The summed E-state index contributed by atoms with van der Waals surface area (Å²) in [7, 11) is 0. The van der Waals surface area contributed by atoms with Crippen LogP contribution in [0.3, 0.4) is 0 Å². The second-order valence-corrected chi connectivity index (χ2v) is 10.2. The first-order valence-electron chi connectivity index (χ1n) is 11.7. The fourth-order valence-electron chi connectivity index (χ4n) is 4.29. The minimum Gasteiger partial charge on any atom is -0.424 e. The first kappa shape index (κ1) is 20.8. The summed E-state index contributed by atoms with van der Waals surface area (Å²) < 4.78 is 11.4. The Morgan fingerprint density at radius 3 is 2.35 bits per heavy atom. The minimum absolute atomic E-state index is 0.0310. The summed E-state index contributed by atoms with van der Waals surface area (Å²) in [6, 6.07) is 2.19. The van der Waals surface area contributed by atoms with Gasteiger partial charge >= 0.3 is 0 Å². The molecule has 1 aliphatic carbocycles. The summed E-state index contributed by atoms with van der Waals surface area (Å²) in [5, 5.41) is 8.61. The van der Waals surface area contributed by atoms with Gasteiger partial charge in [0.25, 0.3) is 0 Å². The third kappa shape index (κ3) is 4.90. The van der Waals surface area contributed by atoms with Crippen molar-refractivity contribution in [3.63, 3.8) is 0 Å². The molecular weight excluding hydrogens is 392 g/mol. The second kappa shape index (κ2) is 8.47. The van der Waals surface area contributed by atoms with Gasteiger partial charge in [0.15, 0.2) is 0 Å². The Bertz CT molecular complexity index is 890. The van der Waals surface area contributed by atoms with Crippen LogP contribution in [0.5, 0.6) is 0 Å². The minimum atomic E-state index is 0.0310. The molecule has 0 atom stereocenters. The zero-order valence-corrected chi connectivity index (χ0v) is 19.0. The van der Waals surface area contributed by atoms with Crippen LogP contribution in [0, 0.1) is 0 Å². The Kier molecular flexibility index (Phi) is 5.69. The lowest BCUT2D eigenvalue weighted by atomic mass is 9.91. The molecule has 0 amide bonds. The van der Waals surface area contributed by atoms with Crippen LogP contribution in [-0.2, 0) is 16.7 Å².